The summed E-state index contributed by atoms with van der Waals surface area (Å²) in [7, 11) is 0. The topological polar surface area (TPSA) is 70.7 Å². The van der Waals surface area contributed by atoms with Gasteiger partial charge in [0.15, 0.2) is 5.60 Å². The average Bonchev–Trinajstić information content (AvgIpc) is 3.15. The molecule has 1 aliphatic rings. The Hall–Kier alpha value is -2.70. The van der Waals surface area contributed by atoms with Crippen molar-refractivity contribution in [3.05, 3.63) is 83.1 Å². The molecule has 5 nitrogen and oxygen atoms in total. The van der Waals surface area contributed by atoms with Crippen LogP contribution >= 0.6 is 11.3 Å². The van der Waals surface area contributed by atoms with Gasteiger partial charge in [-0.15, -0.1) is 16.5 Å². The molecule has 2 atom stereocenters. The SMILES string of the molecule is OC1(c2ccccn2)C=Cc2ccccc2C1N=Nc1nccs1. The third kappa shape index (κ3) is 2.55. The molecular formula is C18H14N4OS. The van der Waals surface area contributed by atoms with Crippen molar-refractivity contribution in [3.63, 3.8) is 0 Å². The van der Waals surface area contributed by atoms with Crippen molar-refractivity contribution in [1.82, 2.24) is 9.97 Å². The molecule has 0 saturated heterocycles. The Labute approximate surface area is 143 Å². The maximum atomic E-state index is 11.4. The lowest BCUT2D eigenvalue weighted by Crippen LogP contribution is -2.33. The largest absolute Gasteiger partial charge is 0.377 e. The molecule has 0 radical (unpaired) electrons. The molecule has 6 heteroatoms. The minimum Gasteiger partial charge on any atom is -0.377 e. The molecule has 0 aliphatic heterocycles. The van der Waals surface area contributed by atoms with Crippen LogP contribution in [0, 0.1) is 0 Å². The van der Waals surface area contributed by atoms with E-state index in [0.717, 1.165) is 11.1 Å². The summed E-state index contributed by atoms with van der Waals surface area (Å²) >= 11 is 1.40. The number of benzene rings is 1. The van der Waals surface area contributed by atoms with Crippen LogP contribution in [0.15, 0.2) is 76.5 Å². The summed E-state index contributed by atoms with van der Waals surface area (Å²) in [6, 6.07) is 12.7. The zero-order chi connectivity index (χ0) is 16.4. The zero-order valence-electron chi connectivity index (χ0n) is 12.6. The number of pyridine rings is 1. The molecule has 0 fully saturated rings. The summed E-state index contributed by atoms with van der Waals surface area (Å²) in [5.41, 5.74) is 1.12. The van der Waals surface area contributed by atoms with Crippen LogP contribution in [0.2, 0.25) is 0 Å². The van der Waals surface area contributed by atoms with E-state index in [0.29, 0.717) is 10.8 Å². The molecule has 2 aromatic heterocycles. The van der Waals surface area contributed by atoms with Crippen molar-refractivity contribution in [2.75, 3.05) is 0 Å². The highest BCUT2D eigenvalue weighted by molar-refractivity contribution is 7.13. The molecule has 2 heterocycles. The highest BCUT2D eigenvalue weighted by atomic mass is 32.1. The summed E-state index contributed by atoms with van der Waals surface area (Å²) in [5.74, 6) is 0. The second-order valence-corrected chi connectivity index (χ2v) is 6.31. The lowest BCUT2D eigenvalue weighted by atomic mass is 9.79. The molecule has 0 spiro atoms. The summed E-state index contributed by atoms with van der Waals surface area (Å²) in [6.07, 6.45) is 6.98. The van der Waals surface area contributed by atoms with Gasteiger partial charge in [-0.2, -0.15) is 5.11 Å². The molecule has 4 rings (SSSR count). The van der Waals surface area contributed by atoms with E-state index < -0.39 is 11.6 Å². The van der Waals surface area contributed by atoms with Gasteiger partial charge in [-0.25, -0.2) is 4.98 Å². The number of hydrogen-bond donors (Lipinski definition) is 1. The number of rotatable bonds is 3. The first kappa shape index (κ1) is 14.9. The number of aliphatic hydroxyl groups is 1. The van der Waals surface area contributed by atoms with E-state index in [-0.39, 0.29) is 0 Å². The molecule has 0 bridgehead atoms. The molecule has 118 valence electrons. The second-order valence-electron chi connectivity index (χ2n) is 5.44. The van der Waals surface area contributed by atoms with Gasteiger partial charge in [-0.1, -0.05) is 36.4 Å². The smallest absolute Gasteiger partial charge is 0.229 e. The maximum absolute atomic E-state index is 11.4. The quantitative estimate of drug-likeness (QED) is 0.727. The van der Waals surface area contributed by atoms with Gasteiger partial charge in [0, 0.05) is 17.8 Å². The van der Waals surface area contributed by atoms with Crippen molar-refractivity contribution in [2.24, 2.45) is 10.2 Å². The van der Waals surface area contributed by atoms with E-state index in [4.69, 9.17) is 0 Å². The molecule has 1 N–H and O–H groups in total. The van der Waals surface area contributed by atoms with Gasteiger partial charge in [0.05, 0.1) is 5.69 Å². The second kappa shape index (κ2) is 6.07. The zero-order valence-corrected chi connectivity index (χ0v) is 13.5. The molecule has 0 amide bonds. The minimum absolute atomic E-state index is 0.541. The van der Waals surface area contributed by atoms with E-state index >= 15 is 0 Å². The maximum Gasteiger partial charge on any atom is 0.229 e. The Morgan fingerprint density at radius 2 is 1.92 bits per heavy atom. The highest BCUT2D eigenvalue weighted by Gasteiger charge is 2.42. The van der Waals surface area contributed by atoms with Crippen molar-refractivity contribution in [2.45, 2.75) is 11.6 Å². The van der Waals surface area contributed by atoms with Crippen LogP contribution in [-0.2, 0) is 5.60 Å². The fourth-order valence-electron chi connectivity index (χ4n) is 2.80. The molecule has 0 saturated carbocycles. The Kier molecular flexibility index (Phi) is 3.76. The third-order valence-electron chi connectivity index (χ3n) is 3.98. The Balaban J connectivity index is 1.84. The summed E-state index contributed by atoms with van der Waals surface area (Å²) in [4.78, 5) is 8.45. The predicted octanol–water partition coefficient (Wildman–Crippen LogP) is 4.28. The van der Waals surface area contributed by atoms with Gasteiger partial charge < -0.3 is 5.11 Å². The van der Waals surface area contributed by atoms with Crippen molar-refractivity contribution >= 4 is 22.5 Å². The molecule has 2 unspecified atom stereocenters. The van der Waals surface area contributed by atoms with E-state index in [1.165, 1.54) is 11.3 Å². The molecular weight excluding hydrogens is 320 g/mol. The molecule has 3 aromatic rings. The molecule has 1 aromatic carbocycles. The summed E-state index contributed by atoms with van der Waals surface area (Å²) in [5, 5.41) is 22.4. The first-order valence-electron chi connectivity index (χ1n) is 7.50. The van der Waals surface area contributed by atoms with Gasteiger partial charge in [-0.3, -0.25) is 4.98 Å². The van der Waals surface area contributed by atoms with Crippen LogP contribution in [-0.4, -0.2) is 15.1 Å². The van der Waals surface area contributed by atoms with Gasteiger partial charge >= 0.3 is 0 Å². The van der Waals surface area contributed by atoms with Crippen LogP contribution in [0.1, 0.15) is 22.9 Å². The van der Waals surface area contributed by atoms with E-state index in [2.05, 4.69) is 20.2 Å². The van der Waals surface area contributed by atoms with Crippen LogP contribution in [0.5, 0.6) is 0 Å². The number of azo groups is 1. The van der Waals surface area contributed by atoms with Crippen molar-refractivity contribution in [1.29, 1.82) is 0 Å². The molecule has 24 heavy (non-hydrogen) atoms. The van der Waals surface area contributed by atoms with Gasteiger partial charge in [0.2, 0.25) is 5.13 Å². The van der Waals surface area contributed by atoms with Crippen LogP contribution in [0.25, 0.3) is 6.08 Å². The van der Waals surface area contributed by atoms with E-state index in [1.54, 1.807) is 24.5 Å². The van der Waals surface area contributed by atoms with Crippen LogP contribution < -0.4 is 0 Å². The molecule has 1 aliphatic carbocycles. The van der Waals surface area contributed by atoms with Gasteiger partial charge in [0.1, 0.15) is 6.04 Å². The average molecular weight is 334 g/mol. The van der Waals surface area contributed by atoms with Crippen LogP contribution in [0.4, 0.5) is 5.13 Å². The Bertz CT molecular complexity index is 892. The number of hydrogen-bond acceptors (Lipinski definition) is 6. The summed E-state index contributed by atoms with van der Waals surface area (Å²) < 4.78 is 0. The first-order chi connectivity index (χ1) is 11.8. The Morgan fingerprint density at radius 1 is 1.04 bits per heavy atom. The lowest BCUT2D eigenvalue weighted by Gasteiger charge is -2.33. The number of nitrogens with zero attached hydrogens (tertiary/aromatic N) is 4. The monoisotopic (exact) mass is 334 g/mol. The fourth-order valence-corrected chi connectivity index (χ4v) is 3.26. The Morgan fingerprint density at radius 3 is 2.71 bits per heavy atom. The third-order valence-corrected chi connectivity index (χ3v) is 4.63. The minimum atomic E-state index is -1.35. The first-order valence-corrected chi connectivity index (χ1v) is 8.38. The fraction of sp³-hybridized carbons (Fsp3) is 0.111. The standard InChI is InChI=1S/C18H14N4OS/c23-18(15-7-3-4-10-19-15)9-8-13-5-1-2-6-14(13)16(18)21-22-17-20-11-12-24-17/h1-12,16,23H. The van der Waals surface area contributed by atoms with Gasteiger partial charge in [-0.05, 0) is 29.3 Å². The van der Waals surface area contributed by atoms with E-state index in [9.17, 15) is 5.11 Å². The van der Waals surface area contributed by atoms with E-state index in [1.807, 2.05) is 47.9 Å². The number of aromatic nitrogens is 2. The number of fused-ring (bicyclic) bond motifs is 1. The normalized spacial score (nSPS) is 22.6. The van der Waals surface area contributed by atoms with Crippen molar-refractivity contribution < 1.29 is 5.11 Å². The summed E-state index contributed by atoms with van der Waals surface area (Å²) in [6.45, 7) is 0. The van der Waals surface area contributed by atoms with Gasteiger partial charge in [0.25, 0.3) is 0 Å². The highest BCUT2D eigenvalue weighted by Crippen LogP contribution is 2.44. The van der Waals surface area contributed by atoms with Crippen molar-refractivity contribution in [3.8, 4) is 0 Å². The number of thiazole rings is 1. The lowest BCUT2D eigenvalue weighted by molar-refractivity contribution is 0.0529. The van der Waals surface area contributed by atoms with Crippen LogP contribution in [0.3, 0.4) is 0 Å². The predicted molar refractivity (Wildman–Crippen MR) is 93.0 cm³/mol.